The first-order valence-electron chi connectivity index (χ1n) is 6.27. The molecule has 94 valence electrons. The molecular formula is C12H19N3O2. The van der Waals surface area contributed by atoms with Crippen molar-refractivity contribution in [2.45, 2.75) is 12.8 Å². The quantitative estimate of drug-likeness (QED) is 0.638. The van der Waals surface area contributed by atoms with Crippen LogP contribution in [-0.4, -0.2) is 61.6 Å². The van der Waals surface area contributed by atoms with E-state index in [0.29, 0.717) is 19.8 Å². The van der Waals surface area contributed by atoms with Crippen LogP contribution >= 0.6 is 0 Å². The number of nitriles is 1. The summed E-state index contributed by atoms with van der Waals surface area (Å²) in [6.45, 7) is 5.07. The summed E-state index contributed by atoms with van der Waals surface area (Å²) >= 11 is 0. The first-order valence-corrected chi connectivity index (χ1v) is 6.27. The maximum atomic E-state index is 12.2. The maximum absolute atomic E-state index is 12.2. The molecule has 0 saturated carbocycles. The zero-order chi connectivity index (χ0) is 12.1. The van der Waals surface area contributed by atoms with E-state index in [1.165, 1.54) is 0 Å². The fraction of sp³-hybridized carbons (Fsp3) is 0.833. The van der Waals surface area contributed by atoms with Crippen molar-refractivity contribution in [3.63, 3.8) is 0 Å². The third-order valence-electron chi connectivity index (χ3n) is 3.55. The Morgan fingerprint density at radius 2 is 1.88 bits per heavy atom. The molecule has 5 nitrogen and oxygen atoms in total. The fourth-order valence-electron chi connectivity index (χ4n) is 2.43. The molecule has 0 aromatic rings. The van der Waals surface area contributed by atoms with Crippen molar-refractivity contribution in [1.82, 2.24) is 9.80 Å². The number of amides is 1. The minimum Gasteiger partial charge on any atom is -0.381 e. The molecule has 0 radical (unpaired) electrons. The highest BCUT2D eigenvalue weighted by atomic mass is 16.5. The molecule has 0 aromatic heterocycles. The molecule has 0 unspecified atom stereocenters. The van der Waals surface area contributed by atoms with Gasteiger partial charge in [-0.05, 0) is 12.8 Å². The van der Waals surface area contributed by atoms with Gasteiger partial charge in [0.25, 0.3) is 0 Å². The lowest BCUT2D eigenvalue weighted by Crippen LogP contribution is -2.50. The largest absolute Gasteiger partial charge is 0.381 e. The molecule has 2 rings (SSSR count). The highest BCUT2D eigenvalue weighted by molar-refractivity contribution is 5.79. The van der Waals surface area contributed by atoms with E-state index in [-0.39, 0.29) is 11.8 Å². The second-order valence-electron chi connectivity index (χ2n) is 4.65. The van der Waals surface area contributed by atoms with E-state index in [9.17, 15) is 4.79 Å². The van der Waals surface area contributed by atoms with Crippen molar-refractivity contribution in [3.8, 4) is 6.07 Å². The van der Waals surface area contributed by atoms with E-state index in [4.69, 9.17) is 10.00 Å². The molecule has 17 heavy (non-hydrogen) atoms. The van der Waals surface area contributed by atoms with Crippen LogP contribution in [-0.2, 0) is 9.53 Å². The average Bonchev–Trinajstić information content (AvgIpc) is 2.40. The predicted octanol–water partition coefficient (Wildman–Crippen LogP) is 0.0808. The van der Waals surface area contributed by atoms with Crippen molar-refractivity contribution in [2.24, 2.45) is 5.92 Å². The van der Waals surface area contributed by atoms with Crippen molar-refractivity contribution >= 4 is 5.91 Å². The first-order chi connectivity index (χ1) is 8.31. The second-order valence-corrected chi connectivity index (χ2v) is 4.65. The fourth-order valence-corrected chi connectivity index (χ4v) is 2.43. The monoisotopic (exact) mass is 237 g/mol. The molecule has 2 aliphatic heterocycles. The Morgan fingerprint density at radius 1 is 1.24 bits per heavy atom. The topological polar surface area (TPSA) is 56.6 Å². The number of hydrogen-bond acceptors (Lipinski definition) is 4. The zero-order valence-electron chi connectivity index (χ0n) is 10.1. The van der Waals surface area contributed by atoms with Gasteiger partial charge >= 0.3 is 0 Å². The smallest absolute Gasteiger partial charge is 0.225 e. The lowest BCUT2D eigenvalue weighted by molar-refractivity contribution is -0.140. The lowest BCUT2D eigenvalue weighted by atomic mass is 9.98. The molecule has 0 aliphatic carbocycles. The van der Waals surface area contributed by atoms with Crippen molar-refractivity contribution in [2.75, 3.05) is 45.9 Å². The number of rotatable bonds is 2. The van der Waals surface area contributed by atoms with Crippen LogP contribution in [0.1, 0.15) is 12.8 Å². The van der Waals surface area contributed by atoms with Crippen LogP contribution in [0.25, 0.3) is 0 Å². The Kier molecular flexibility index (Phi) is 4.35. The minimum absolute atomic E-state index is 0.159. The van der Waals surface area contributed by atoms with Crippen LogP contribution in [0.15, 0.2) is 0 Å². The molecule has 0 spiro atoms. The van der Waals surface area contributed by atoms with E-state index in [1.54, 1.807) is 0 Å². The molecule has 0 N–H and O–H groups in total. The van der Waals surface area contributed by atoms with Crippen molar-refractivity contribution in [1.29, 1.82) is 5.26 Å². The second kappa shape index (κ2) is 5.99. The summed E-state index contributed by atoms with van der Waals surface area (Å²) in [4.78, 5) is 16.2. The van der Waals surface area contributed by atoms with E-state index in [0.717, 1.165) is 39.0 Å². The molecule has 0 atom stereocenters. The molecule has 0 bridgehead atoms. The van der Waals surface area contributed by atoms with Crippen LogP contribution in [0, 0.1) is 17.2 Å². The van der Waals surface area contributed by atoms with Gasteiger partial charge in [0, 0.05) is 45.3 Å². The molecule has 2 heterocycles. The number of carbonyl (C=O) groups excluding carboxylic acids is 1. The Hall–Kier alpha value is -1.12. The molecule has 2 aliphatic rings. The Morgan fingerprint density at radius 3 is 2.47 bits per heavy atom. The number of hydrogen-bond donors (Lipinski definition) is 0. The van der Waals surface area contributed by atoms with Gasteiger partial charge in [0.15, 0.2) is 0 Å². The summed E-state index contributed by atoms with van der Waals surface area (Å²) in [7, 11) is 0. The van der Waals surface area contributed by atoms with Gasteiger partial charge in [-0.2, -0.15) is 5.26 Å². The van der Waals surface area contributed by atoms with Gasteiger partial charge in [-0.15, -0.1) is 0 Å². The van der Waals surface area contributed by atoms with Gasteiger partial charge in [-0.1, -0.05) is 0 Å². The number of ether oxygens (including phenoxy) is 1. The standard InChI is InChI=1S/C12H19N3O2/c13-3-4-14-5-7-15(8-6-14)12(16)11-1-9-17-10-2-11/h11H,1-2,4-10H2. The van der Waals surface area contributed by atoms with Gasteiger partial charge in [-0.25, -0.2) is 0 Å². The van der Waals surface area contributed by atoms with Gasteiger partial charge in [0.2, 0.25) is 5.91 Å². The van der Waals surface area contributed by atoms with Crippen LogP contribution in [0.4, 0.5) is 0 Å². The van der Waals surface area contributed by atoms with Crippen LogP contribution in [0.2, 0.25) is 0 Å². The molecule has 5 heteroatoms. The average molecular weight is 237 g/mol. The number of nitrogens with zero attached hydrogens (tertiary/aromatic N) is 3. The van der Waals surface area contributed by atoms with Gasteiger partial charge in [0.1, 0.15) is 0 Å². The predicted molar refractivity (Wildman–Crippen MR) is 62.2 cm³/mol. The van der Waals surface area contributed by atoms with Crippen LogP contribution < -0.4 is 0 Å². The Balaban J connectivity index is 1.79. The van der Waals surface area contributed by atoms with E-state index in [2.05, 4.69) is 11.0 Å². The Bertz CT molecular complexity index is 299. The van der Waals surface area contributed by atoms with Crippen LogP contribution in [0.3, 0.4) is 0 Å². The highest BCUT2D eigenvalue weighted by Gasteiger charge is 2.28. The van der Waals surface area contributed by atoms with Crippen molar-refractivity contribution in [3.05, 3.63) is 0 Å². The lowest BCUT2D eigenvalue weighted by Gasteiger charge is -2.36. The minimum atomic E-state index is 0.159. The van der Waals surface area contributed by atoms with E-state index in [1.807, 2.05) is 4.90 Å². The molecule has 2 saturated heterocycles. The third kappa shape index (κ3) is 3.18. The maximum Gasteiger partial charge on any atom is 0.225 e. The SMILES string of the molecule is N#CCN1CCN(C(=O)C2CCOCC2)CC1. The normalized spacial score (nSPS) is 23.4. The number of piperazine rings is 1. The van der Waals surface area contributed by atoms with Gasteiger partial charge in [0.05, 0.1) is 12.6 Å². The summed E-state index contributed by atoms with van der Waals surface area (Å²) in [6.07, 6.45) is 1.72. The van der Waals surface area contributed by atoms with Crippen LogP contribution in [0.5, 0.6) is 0 Å². The molecular weight excluding hydrogens is 218 g/mol. The summed E-state index contributed by atoms with van der Waals surface area (Å²) in [6, 6.07) is 2.15. The summed E-state index contributed by atoms with van der Waals surface area (Å²) in [5.74, 6) is 0.441. The third-order valence-corrected chi connectivity index (χ3v) is 3.55. The van der Waals surface area contributed by atoms with Gasteiger partial charge < -0.3 is 9.64 Å². The Labute approximate surface area is 102 Å². The van der Waals surface area contributed by atoms with E-state index < -0.39 is 0 Å². The van der Waals surface area contributed by atoms with Crippen molar-refractivity contribution < 1.29 is 9.53 Å². The van der Waals surface area contributed by atoms with E-state index >= 15 is 0 Å². The zero-order valence-corrected chi connectivity index (χ0v) is 10.1. The molecule has 1 amide bonds. The summed E-state index contributed by atoms with van der Waals surface area (Å²) in [5.41, 5.74) is 0. The molecule has 0 aromatic carbocycles. The molecule has 2 fully saturated rings. The highest BCUT2D eigenvalue weighted by Crippen LogP contribution is 2.18. The summed E-state index contributed by atoms with van der Waals surface area (Å²) in [5, 5.41) is 8.61. The first kappa shape index (κ1) is 12.3. The number of carbonyl (C=O) groups is 1. The summed E-state index contributed by atoms with van der Waals surface area (Å²) < 4.78 is 5.27. The van der Waals surface area contributed by atoms with Gasteiger partial charge in [-0.3, -0.25) is 9.69 Å².